The molecule has 1 saturated carbocycles. The summed E-state index contributed by atoms with van der Waals surface area (Å²) in [5, 5.41) is 10.3. The number of aromatic hydroxyl groups is 1. The molecule has 21 heavy (non-hydrogen) atoms. The number of rotatable bonds is 7. The van der Waals surface area contributed by atoms with Gasteiger partial charge in [0.1, 0.15) is 0 Å². The average molecular weight is 291 g/mol. The summed E-state index contributed by atoms with van der Waals surface area (Å²) >= 11 is 0. The molecule has 0 aliphatic heterocycles. The fraction of sp³-hybridized carbons (Fsp3) is 0.667. The molecule has 1 aliphatic carbocycles. The van der Waals surface area contributed by atoms with E-state index in [2.05, 4.69) is 18.7 Å². The van der Waals surface area contributed by atoms with Gasteiger partial charge in [0.25, 0.3) is 0 Å². The largest absolute Gasteiger partial charge is 0.504 e. The van der Waals surface area contributed by atoms with Crippen molar-refractivity contribution in [3.8, 4) is 11.5 Å². The Kier molecular flexibility index (Phi) is 5.92. The van der Waals surface area contributed by atoms with E-state index in [0.717, 1.165) is 18.7 Å². The summed E-state index contributed by atoms with van der Waals surface area (Å²) < 4.78 is 5.22. The van der Waals surface area contributed by atoms with Gasteiger partial charge >= 0.3 is 0 Å². The van der Waals surface area contributed by atoms with Crippen LogP contribution in [0.1, 0.15) is 51.5 Å². The van der Waals surface area contributed by atoms with Gasteiger partial charge in [-0.05, 0) is 37.8 Å². The van der Waals surface area contributed by atoms with E-state index in [4.69, 9.17) is 4.74 Å². The molecule has 1 aliphatic rings. The molecule has 0 unspecified atom stereocenters. The van der Waals surface area contributed by atoms with Crippen molar-refractivity contribution in [3.63, 3.8) is 0 Å². The van der Waals surface area contributed by atoms with Gasteiger partial charge in [-0.25, -0.2) is 0 Å². The Labute approximate surface area is 128 Å². The third-order valence-electron chi connectivity index (χ3n) is 4.51. The lowest BCUT2D eigenvalue weighted by molar-refractivity contribution is 0.177. The first kappa shape index (κ1) is 16.2. The third-order valence-corrected chi connectivity index (χ3v) is 4.51. The Balaban J connectivity index is 2.10. The number of ether oxygens (including phenoxy) is 1. The number of phenolic OH excluding ortho intramolecular Hbond substituents is 1. The number of nitrogens with zero attached hydrogens (tertiary/aromatic N) is 1. The summed E-state index contributed by atoms with van der Waals surface area (Å²) in [7, 11) is 1.60. The molecule has 2 rings (SSSR count). The quantitative estimate of drug-likeness (QED) is 0.817. The van der Waals surface area contributed by atoms with Crippen molar-refractivity contribution in [2.45, 2.75) is 58.5 Å². The molecule has 1 N–H and O–H groups in total. The lowest BCUT2D eigenvalue weighted by Crippen LogP contribution is -2.34. The molecular formula is C18H29NO2. The van der Waals surface area contributed by atoms with Gasteiger partial charge in [0.2, 0.25) is 0 Å². The van der Waals surface area contributed by atoms with Crippen LogP contribution in [0.3, 0.4) is 0 Å². The van der Waals surface area contributed by atoms with Gasteiger partial charge in [0.05, 0.1) is 7.11 Å². The summed E-state index contributed by atoms with van der Waals surface area (Å²) in [6.07, 6.45) is 6.48. The second-order valence-corrected chi connectivity index (χ2v) is 6.56. The standard InChI is InChI=1S/C18H29NO2/c1-14(2)11-12-19(16-8-4-5-9-16)13-15-7-6-10-17(21-3)18(15)20/h6-7,10,14,16,20H,4-5,8-9,11-13H2,1-3H3. The Morgan fingerprint density at radius 3 is 2.62 bits per heavy atom. The van der Waals surface area contributed by atoms with E-state index in [1.807, 2.05) is 18.2 Å². The number of hydrogen-bond acceptors (Lipinski definition) is 3. The highest BCUT2D eigenvalue weighted by molar-refractivity contribution is 5.45. The van der Waals surface area contributed by atoms with Crippen LogP contribution < -0.4 is 4.74 Å². The molecule has 0 spiro atoms. The highest BCUT2D eigenvalue weighted by Gasteiger charge is 2.23. The van der Waals surface area contributed by atoms with Gasteiger partial charge in [0.15, 0.2) is 11.5 Å². The molecule has 3 heteroatoms. The first-order valence-corrected chi connectivity index (χ1v) is 8.20. The van der Waals surface area contributed by atoms with Gasteiger partial charge in [-0.3, -0.25) is 4.90 Å². The topological polar surface area (TPSA) is 32.7 Å². The number of hydrogen-bond donors (Lipinski definition) is 1. The van der Waals surface area contributed by atoms with Crippen LogP contribution >= 0.6 is 0 Å². The fourth-order valence-corrected chi connectivity index (χ4v) is 3.16. The SMILES string of the molecule is COc1cccc(CN(CCC(C)C)C2CCCC2)c1O. The lowest BCUT2D eigenvalue weighted by atomic mass is 10.1. The second-order valence-electron chi connectivity index (χ2n) is 6.56. The molecule has 1 aromatic carbocycles. The fourth-order valence-electron chi connectivity index (χ4n) is 3.16. The van der Waals surface area contributed by atoms with Crippen molar-refractivity contribution in [2.75, 3.05) is 13.7 Å². The van der Waals surface area contributed by atoms with Gasteiger partial charge in [-0.2, -0.15) is 0 Å². The lowest BCUT2D eigenvalue weighted by Gasteiger charge is -2.30. The molecule has 3 nitrogen and oxygen atoms in total. The Morgan fingerprint density at radius 2 is 2.00 bits per heavy atom. The zero-order valence-corrected chi connectivity index (χ0v) is 13.6. The third kappa shape index (κ3) is 4.37. The Morgan fingerprint density at radius 1 is 1.29 bits per heavy atom. The Hall–Kier alpha value is -1.22. The summed E-state index contributed by atoms with van der Waals surface area (Å²) in [4.78, 5) is 2.56. The minimum atomic E-state index is 0.299. The average Bonchev–Trinajstić information content (AvgIpc) is 2.99. The summed E-state index contributed by atoms with van der Waals surface area (Å²) in [5.74, 6) is 1.59. The van der Waals surface area contributed by atoms with E-state index in [0.29, 0.717) is 23.5 Å². The molecule has 0 aromatic heterocycles. The van der Waals surface area contributed by atoms with Gasteiger partial charge in [-0.15, -0.1) is 0 Å². The van der Waals surface area contributed by atoms with Crippen LogP contribution in [0.2, 0.25) is 0 Å². The van der Waals surface area contributed by atoms with Crippen LogP contribution in [0.15, 0.2) is 18.2 Å². The van der Waals surface area contributed by atoms with Gasteiger partial charge in [0, 0.05) is 18.2 Å². The van der Waals surface area contributed by atoms with Crippen LogP contribution in [0, 0.1) is 5.92 Å². The van der Waals surface area contributed by atoms with Crippen molar-refractivity contribution in [1.29, 1.82) is 0 Å². The van der Waals surface area contributed by atoms with Crippen molar-refractivity contribution in [2.24, 2.45) is 5.92 Å². The second kappa shape index (κ2) is 7.69. The van der Waals surface area contributed by atoms with Crippen LogP contribution in [-0.2, 0) is 6.54 Å². The monoisotopic (exact) mass is 291 g/mol. The molecule has 0 heterocycles. The maximum atomic E-state index is 10.3. The molecule has 0 atom stereocenters. The minimum Gasteiger partial charge on any atom is -0.504 e. The Bertz CT molecular complexity index is 439. The van der Waals surface area contributed by atoms with Crippen LogP contribution in [0.25, 0.3) is 0 Å². The maximum absolute atomic E-state index is 10.3. The molecular weight excluding hydrogens is 262 g/mol. The molecule has 118 valence electrons. The molecule has 0 radical (unpaired) electrons. The molecule has 1 fully saturated rings. The van der Waals surface area contributed by atoms with Crippen LogP contribution in [0.4, 0.5) is 0 Å². The number of phenols is 1. The van der Waals surface area contributed by atoms with Crippen molar-refractivity contribution >= 4 is 0 Å². The molecule has 0 amide bonds. The van der Waals surface area contributed by atoms with Crippen LogP contribution in [-0.4, -0.2) is 29.7 Å². The van der Waals surface area contributed by atoms with E-state index < -0.39 is 0 Å². The van der Waals surface area contributed by atoms with Crippen LogP contribution in [0.5, 0.6) is 11.5 Å². The molecule has 1 aromatic rings. The number of para-hydroxylation sites is 1. The van der Waals surface area contributed by atoms with E-state index >= 15 is 0 Å². The van der Waals surface area contributed by atoms with Crippen molar-refractivity contribution in [1.82, 2.24) is 4.90 Å². The summed E-state index contributed by atoms with van der Waals surface area (Å²) in [6.45, 7) is 6.48. The zero-order chi connectivity index (χ0) is 15.2. The van der Waals surface area contributed by atoms with E-state index in [9.17, 15) is 5.11 Å². The summed E-state index contributed by atoms with van der Waals surface area (Å²) in [5.41, 5.74) is 0.977. The molecule has 0 bridgehead atoms. The summed E-state index contributed by atoms with van der Waals surface area (Å²) in [6, 6.07) is 6.46. The predicted octanol–water partition coefficient (Wildman–Crippen LogP) is 4.19. The molecule has 0 saturated heterocycles. The first-order valence-electron chi connectivity index (χ1n) is 8.20. The van der Waals surface area contributed by atoms with Gasteiger partial charge in [-0.1, -0.05) is 38.8 Å². The maximum Gasteiger partial charge on any atom is 0.162 e. The highest BCUT2D eigenvalue weighted by Crippen LogP contribution is 2.32. The number of methoxy groups -OCH3 is 1. The zero-order valence-electron chi connectivity index (χ0n) is 13.6. The predicted molar refractivity (Wildman–Crippen MR) is 86.8 cm³/mol. The van der Waals surface area contributed by atoms with Crippen molar-refractivity contribution in [3.05, 3.63) is 23.8 Å². The first-order chi connectivity index (χ1) is 10.1. The minimum absolute atomic E-state index is 0.299. The smallest absolute Gasteiger partial charge is 0.162 e. The highest BCUT2D eigenvalue weighted by atomic mass is 16.5. The van der Waals surface area contributed by atoms with E-state index in [1.165, 1.54) is 32.1 Å². The number of benzene rings is 1. The van der Waals surface area contributed by atoms with E-state index in [-0.39, 0.29) is 0 Å². The van der Waals surface area contributed by atoms with Crippen molar-refractivity contribution < 1.29 is 9.84 Å². The van der Waals surface area contributed by atoms with E-state index in [1.54, 1.807) is 7.11 Å². The normalized spacial score (nSPS) is 16.0. The van der Waals surface area contributed by atoms with Gasteiger partial charge < -0.3 is 9.84 Å².